The first-order valence-corrected chi connectivity index (χ1v) is 13.1. The molecule has 6 rings (SSSR count). The van der Waals surface area contributed by atoms with Crippen molar-refractivity contribution in [3.05, 3.63) is 69.9 Å². The lowest BCUT2D eigenvalue weighted by Gasteiger charge is -2.44. The number of carbonyl (C=O) groups is 2. The maximum absolute atomic E-state index is 14.1. The SMILES string of the molecule is CCN1CCc2nc3ccccc3c(C(=O)N3CCC4(CC3)CC(=O)c3c(C)cc(C)cc3O4)c2C1. The van der Waals surface area contributed by atoms with Gasteiger partial charge in [0.2, 0.25) is 0 Å². The van der Waals surface area contributed by atoms with Crippen LogP contribution in [0.3, 0.4) is 0 Å². The molecule has 1 aromatic heterocycles. The van der Waals surface area contributed by atoms with Crippen LogP contribution in [-0.4, -0.2) is 58.3 Å². The first kappa shape index (κ1) is 23.2. The van der Waals surface area contributed by atoms with Gasteiger partial charge in [-0.25, -0.2) is 0 Å². The van der Waals surface area contributed by atoms with E-state index in [1.165, 1.54) is 0 Å². The van der Waals surface area contributed by atoms with Gasteiger partial charge in [0, 0.05) is 62.1 Å². The lowest BCUT2D eigenvalue weighted by Crippen LogP contribution is -2.52. The minimum Gasteiger partial charge on any atom is -0.486 e. The van der Waals surface area contributed by atoms with Crippen LogP contribution in [0.25, 0.3) is 10.9 Å². The van der Waals surface area contributed by atoms with E-state index in [1.54, 1.807) is 0 Å². The van der Waals surface area contributed by atoms with Crippen molar-refractivity contribution in [2.45, 2.75) is 58.6 Å². The molecule has 3 aromatic rings. The van der Waals surface area contributed by atoms with Crippen molar-refractivity contribution in [2.24, 2.45) is 0 Å². The van der Waals surface area contributed by atoms with Gasteiger partial charge >= 0.3 is 0 Å². The normalized spacial score (nSPS) is 19.2. The first-order chi connectivity index (χ1) is 17.4. The van der Waals surface area contributed by atoms with Crippen molar-refractivity contribution >= 4 is 22.6 Å². The Kier molecular flexibility index (Phi) is 5.60. The Bertz CT molecular complexity index is 1390. The molecule has 1 spiro atoms. The van der Waals surface area contributed by atoms with Crippen LogP contribution in [-0.2, 0) is 13.0 Å². The number of likely N-dealkylation sites (tertiary alicyclic amines) is 1. The lowest BCUT2D eigenvalue weighted by atomic mass is 9.81. The molecule has 0 aliphatic carbocycles. The molecule has 186 valence electrons. The number of Topliss-reactive ketones (excluding diaryl/α,β-unsaturated/α-hetero) is 1. The molecule has 3 aliphatic heterocycles. The minimum absolute atomic E-state index is 0.0758. The molecule has 0 unspecified atom stereocenters. The third kappa shape index (κ3) is 3.79. The second-order valence-corrected chi connectivity index (χ2v) is 10.7. The Balaban J connectivity index is 1.29. The number of benzene rings is 2. The fourth-order valence-corrected chi connectivity index (χ4v) is 6.33. The standard InChI is InChI=1S/C30H33N3O3/c1-4-32-12-9-24-22(18-32)28(21-7-5-6-8-23(21)31-24)29(35)33-13-10-30(11-14-33)17-25(34)27-20(3)15-19(2)16-26(27)36-30/h5-8,15-16H,4,9-14,17-18H2,1-3H3. The van der Waals surface area contributed by atoms with E-state index in [0.717, 1.165) is 70.5 Å². The number of ketones is 1. The van der Waals surface area contributed by atoms with E-state index in [2.05, 4.69) is 11.8 Å². The van der Waals surface area contributed by atoms with Crippen LogP contribution in [0.4, 0.5) is 0 Å². The van der Waals surface area contributed by atoms with E-state index in [0.29, 0.717) is 38.1 Å². The van der Waals surface area contributed by atoms with E-state index in [-0.39, 0.29) is 11.7 Å². The maximum Gasteiger partial charge on any atom is 0.254 e. The number of pyridine rings is 1. The summed E-state index contributed by atoms with van der Waals surface area (Å²) in [5.41, 5.74) is 6.10. The summed E-state index contributed by atoms with van der Waals surface area (Å²) in [6.07, 6.45) is 2.56. The van der Waals surface area contributed by atoms with Gasteiger partial charge in [-0.1, -0.05) is 31.2 Å². The number of rotatable bonds is 2. The summed E-state index contributed by atoms with van der Waals surface area (Å²) in [5, 5.41) is 0.934. The second kappa shape index (κ2) is 8.70. The predicted octanol–water partition coefficient (Wildman–Crippen LogP) is 4.87. The van der Waals surface area contributed by atoms with Gasteiger partial charge < -0.3 is 9.64 Å². The van der Waals surface area contributed by atoms with Gasteiger partial charge in [0.15, 0.2) is 5.78 Å². The molecule has 36 heavy (non-hydrogen) atoms. The summed E-state index contributed by atoms with van der Waals surface area (Å²) in [5.74, 6) is 0.937. The number of nitrogens with zero attached hydrogens (tertiary/aromatic N) is 3. The number of carbonyl (C=O) groups excluding carboxylic acids is 2. The maximum atomic E-state index is 14.1. The van der Waals surface area contributed by atoms with Crippen molar-refractivity contribution in [1.82, 2.24) is 14.8 Å². The van der Waals surface area contributed by atoms with Crippen LogP contribution < -0.4 is 4.74 Å². The smallest absolute Gasteiger partial charge is 0.254 e. The van der Waals surface area contributed by atoms with Crippen LogP contribution >= 0.6 is 0 Å². The number of hydrogen-bond donors (Lipinski definition) is 0. The Morgan fingerprint density at radius 3 is 2.67 bits per heavy atom. The Morgan fingerprint density at radius 2 is 1.89 bits per heavy atom. The van der Waals surface area contributed by atoms with Gasteiger partial charge in [0.05, 0.1) is 23.1 Å². The van der Waals surface area contributed by atoms with Gasteiger partial charge in [-0.2, -0.15) is 0 Å². The van der Waals surface area contributed by atoms with Crippen molar-refractivity contribution in [1.29, 1.82) is 0 Å². The number of piperidine rings is 1. The van der Waals surface area contributed by atoms with Gasteiger partial charge in [0.25, 0.3) is 5.91 Å². The number of ether oxygens (including phenoxy) is 1. The molecule has 0 atom stereocenters. The van der Waals surface area contributed by atoms with Gasteiger partial charge in [0.1, 0.15) is 11.4 Å². The van der Waals surface area contributed by atoms with Crippen molar-refractivity contribution in [3.8, 4) is 5.75 Å². The monoisotopic (exact) mass is 483 g/mol. The van der Waals surface area contributed by atoms with Gasteiger partial charge in [-0.3, -0.25) is 19.5 Å². The second-order valence-electron chi connectivity index (χ2n) is 10.7. The molecule has 4 heterocycles. The summed E-state index contributed by atoms with van der Waals surface area (Å²) < 4.78 is 6.54. The molecule has 1 amide bonds. The fourth-order valence-electron chi connectivity index (χ4n) is 6.33. The Morgan fingerprint density at radius 1 is 1.11 bits per heavy atom. The third-order valence-electron chi connectivity index (χ3n) is 8.28. The molecule has 0 N–H and O–H groups in total. The molecule has 0 saturated carbocycles. The average molecular weight is 484 g/mol. The van der Waals surface area contributed by atoms with Crippen LogP contribution in [0, 0.1) is 13.8 Å². The van der Waals surface area contributed by atoms with Crippen LogP contribution in [0.15, 0.2) is 36.4 Å². The molecule has 3 aliphatic rings. The Labute approximate surface area is 212 Å². The number of para-hydroxylation sites is 1. The highest BCUT2D eigenvalue weighted by atomic mass is 16.5. The first-order valence-electron chi connectivity index (χ1n) is 13.1. The molecule has 6 heteroatoms. The number of fused-ring (bicyclic) bond motifs is 3. The van der Waals surface area contributed by atoms with Gasteiger partial charge in [-0.15, -0.1) is 0 Å². The van der Waals surface area contributed by atoms with Crippen molar-refractivity contribution < 1.29 is 14.3 Å². The highest BCUT2D eigenvalue weighted by Crippen LogP contribution is 2.41. The van der Waals surface area contributed by atoms with E-state index in [1.807, 2.05) is 55.1 Å². The fraction of sp³-hybridized carbons (Fsp3) is 0.433. The molecule has 6 nitrogen and oxygen atoms in total. The van der Waals surface area contributed by atoms with E-state index < -0.39 is 5.60 Å². The number of aromatic nitrogens is 1. The summed E-state index contributed by atoms with van der Waals surface area (Å²) in [6, 6.07) is 12.0. The van der Waals surface area contributed by atoms with Gasteiger partial charge in [-0.05, 0) is 43.7 Å². The number of amides is 1. The van der Waals surface area contributed by atoms with Crippen LogP contribution in [0.1, 0.15) is 69.3 Å². The van der Waals surface area contributed by atoms with Crippen molar-refractivity contribution in [2.75, 3.05) is 26.2 Å². The zero-order valence-electron chi connectivity index (χ0n) is 21.4. The van der Waals surface area contributed by atoms with Crippen LogP contribution in [0.2, 0.25) is 0 Å². The van der Waals surface area contributed by atoms with Crippen molar-refractivity contribution in [3.63, 3.8) is 0 Å². The van der Waals surface area contributed by atoms with E-state index in [4.69, 9.17) is 9.72 Å². The van der Waals surface area contributed by atoms with E-state index >= 15 is 0 Å². The molecule has 1 fully saturated rings. The number of likely N-dealkylation sites (N-methyl/N-ethyl adjacent to an activating group) is 1. The molecule has 0 bridgehead atoms. The van der Waals surface area contributed by atoms with Crippen LogP contribution in [0.5, 0.6) is 5.75 Å². The summed E-state index contributed by atoms with van der Waals surface area (Å²) in [7, 11) is 0. The lowest BCUT2D eigenvalue weighted by molar-refractivity contribution is -0.00581. The average Bonchev–Trinajstić information content (AvgIpc) is 2.86. The molecular formula is C30H33N3O3. The highest BCUT2D eigenvalue weighted by molar-refractivity contribution is 6.08. The molecular weight excluding hydrogens is 450 g/mol. The number of aryl methyl sites for hydroxylation is 2. The summed E-state index contributed by atoms with van der Waals surface area (Å²) in [6.45, 7) is 10.0. The molecule has 0 radical (unpaired) electrons. The zero-order chi connectivity index (χ0) is 25.0. The molecule has 1 saturated heterocycles. The zero-order valence-corrected chi connectivity index (χ0v) is 21.4. The third-order valence-corrected chi connectivity index (χ3v) is 8.28. The summed E-state index contributed by atoms with van der Waals surface area (Å²) in [4.78, 5) is 36.5. The quantitative estimate of drug-likeness (QED) is 0.520. The summed E-state index contributed by atoms with van der Waals surface area (Å²) >= 11 is 0. The predicted molar refractivity (Wildman–Crippen MR) is 140 cm³/mol. The molecule has 2 aromatic carbocycles. The largest absolute Gasteiger partial charge is 0.486 e. The highest BCUT2D eigenvalue weighted by Gasteiger charge is 2.44. The number of hydrogen-bond acceptors (Lipinski definition) is 5. The van der Waals surface area contributed by atoms with E-state index in [9.17, 15) is 9.59 Å². The topological polar surface area (TPSA) is 62.7 Å². The Hall–Kier alpha value is -3.25. The minimum atomic E-state index is -0.528.